The predicted molar refractivity (Wildman–Crippen MR) is 77.9 cm³/mol. The highest BCUT2D eigenvalue weighted by Gasteiger charge is 2.19. The maximum Gasteiger partial charge on any atom is 0.251 e. The minimum atomic E-state index is -0.128. The fourth-order valence-corrected chi connectivity index (χ4v) is 2.29. The second-order valence-electron chi connectivity index (χ2n) is 4.57. The van der Waals surface area contributed by atoms with Crippen molar-refractivity contribution in [2.75, 3.05) is 21.0 Å². The molecule has 2 aromatic rings. The van der Waals surface area contributed by atoms with Crippen molar-refractivity contribution in [3.63, 3.8) is 0 Å². The second kappa shape index (κ2) is 5.36. The van der Waals surface area contributed by atoms with Crippen molar-refractivity contribution in [2.45, 2.75) is 0 Å². The van der Waals surface area contributed by atoms with Gasteiger partial charge in [-0.1, -0.05) is 12.1 Å². The quantitative estimate of drug-likeness (QED) is 0.941. The Morgan fingerprint density at radius 3 is 2.67 bits per heavy atom. The lowest BCUT2D eigenvalue weighted by Crippen LogP contribution is -2.17. The Balaban J connectivity index is 2.10. The topological polar surface area (TPSA) is 56.8 Å². The Labute approximate surface area is 122 Å². The number of methoxy groups -OCH3 is 1. The molecule has 0 radical (unpaired) electrons. The largest absolute Gasteiger partial charge is 0.496 e. The average molecular weight is 285 g/mol. The van der Waals surface area contributed by atoms with Gasteiger partial charge >= 0.3 is 0 Å². The molecule has 0 saturated heterocycles. The van der Waals surface area contributed by atoms with Gasteiger partial charge in [0.25, 0.3) is 5.91 Å². The highest BCUT2D eigenvalue weighted by molar-refractivity contribution is 5.95. The van der Waals surface area contributed by atoms with Gasteiger partial charge in [-0.2, -0.15) is 0 Å². The first kappa shape index (κ1) is 13.3. The van der Waals surface area contributed by atoms with E-state index < -0.39 is 0 Å². The van der Waals surface area contributed by atoms with Gasteiger partial charge in [-0.25, -0.2) is 0 Å². The number of benzene rings is 2. The summed E-state index contributed by atoms with van der Waals surface area (Å²) in [6.45, 7) is 0.209. The van der Waals surface area contributed by atoms with E-state index in [-0.39, 0.29) is 12.7 Å². The fourth-order valence-electron chi connectivity index (χ4n) is 2.29. The van der Waals surface area contributed by atoms with Crippen LogP contribution < -0.4 is 19.5 Å². The summed E-state index contributed by atoms with van der Waals surface area (Å²) in [4.78, 5) is 11.8. The highest BCUT2D eigenvalue weighted by atomic mass is 16.7. The van der Waals surface area contributed by atoms with E-state index in [9.17, 15) is 4.79 Å². The normalized spacial score (nSPS) is 12.1. The summed E-state index contributed by atoms with van der Waals surface area (Å²) in [6, 6.07) is 11.0. The third kappa shape index (κ3) is 2.38. The van der Waals surface area contributed by atoms with Crippen LogP contribution in [0.15, 0.2) is 36.4 Å². The molecule has 1 amide bonds. The SMILES string of the molecule is CNC(=O)c1cccc(-c2cc3c(cc2OC)OCO3)c1. The lowest BCUT2D eigenvalue weighted by Gasteiger charge is -2.11. The Hall–Kier alpha value is -2.69. The number of amides is 1. The molecule has 0 bridgehead atoms. The molecule has 0 saturated carbocycles. The first-order valence-electron chi connectivity index (χ1n) is 6.53. The number of hydrogen-bond acceptors (Lipinski definition) is 4. The molecule has 2 aromatic carbocycles. The van der Waals surface area contributed by atoms with Crippen LogP contribution in [0.25, 0.3) is 11.1 Å². The van der Waals surface area contributed by atoms with Gasteiger partial charge in [0, 0.05) is 24.2 Å². The van der Waals surface area contributed by atoms with Crippen molar-refractivity contribution in [2.24, 2.45) is 0 Å². The van der Waals surface area contributed by atoms with E-state index in [1.807, 2.05) is 24.3 Å². The van der Waals surface area contributed by atoms with Gasteiger partial charge in [-0.05, 0) is 23.8 Å². The molecule has 0 aliphatic carbocycles. The summed E-state index contributed by atoms with van der Waals surface area (Å²) in [5.74, 6) is 1.89. The van der Waals surface area contributed by atoms with Crippen LogP contribution in [0.2, 0.25) is 0 Å². The van der Waals surface area contributed by atoms with E-state index in [0.717, 1.165) is 11.1 Å². The van der Waals surface area contributed by atoms with Gasteiger partial charge in [0.2, 0.25) is 6.79 Å². The van der Waals surface area contributed by atoms with E-state index in [1.165, 1.54) is 0 Å². The van der Waals surface area contributed by atoms with E-state index in [1.54, 1.807) is 26.3 Å². The van der Waals surface area contributed by atoms with Gasteiger partial charge in [-0.15, -0.1) is 0 Å². The molecule has 5 heteroatoms. The van der Waals surface area contributed by atoms with Crippen molar-refractivity contribution in [1.82, 2.24) is 5.32 Å². The number of carbonyl (C=O) groups excluding carboxylic acids is 1. The molecule has 3 rings (SSSR count). The molecule has 1 heterocycles. The summed E-state index contributed by atoms with van der Waals surface area (Å²) < 4.78 is 16.2. The monoisotopic (exact) mass is 285 g/mol. The van der Waals surface area contributed by atoms with Crippen LogP contribution in [0, 0.1) is 0 Å². The molecule has 1 aliphatic heterocycles. The van der Waals surface area contributed by atoms with Crippen LogP contribution >= 0.6 is 0 Å². The molecule has 0 aromatic heterocycles. The highest BCUT2D eigenvalue weighted by Crippen LogP contribution is 2.42. The van der Waals surface area contributed by atoms with E-state index >= 15 is 0 Å². The van der Waals surface area contributed by atoms with Crippen molar-refractivity contribution in [1.29, 1.82) is 0 Å². The van der Waals surface area contributed by atoms with Crippen molar-refractivity contribution in [3.8, 4) is 28.4 Å². The standard InChI is InChI=1S/C16H15NO4/c1-17-16(18)11-5-3-4-10(6-11)12-7-14-15(21-9-20-14)8-13(12)19-2/h3-8H,9H2,1-2H3,(H,17,18). The van der Waals surface area contributed by atoms with Crippen molar-refractivity contribution >= 4 is 5.91 Å². The Bertz CT molecular complexity index is 697. The first-order valence-corrected chi connectivity index (χ1v) is 6.53. The zero-order valence-electron chi connectivity index (χ0n) is 11.8. The average Bonchev–Trinajstić information content (AvgIpc) is 3.00. The molecule has 1 aliphatic rings. The van der Waals surface area contributed by atoms with Crippen LogP contribution in [-0.4, -0.2) is 26.9 Å². The van der Waals surface area contributed by atoms with E-state index in [2.05, 4.69) is 5.32 Å². The molecule has 0 fully saturated rings. The third-order valence-corrected chi connectivity index (χ3v) is 3.36. The molecule has 5 nitrogen and oxygen atoms in total. The minimum Gasteiger partial charge on any atom is -0.496 e. The van der Waals surface area contributed by atoms with Crippen molar-refractivity contribution in [3.05, 3.63) is 42.0 Å². The molecular formula is C16H15NO4. The Morgan fingerprint density at radius 2 is 1.95 bits per heavy atom. The summed E-state index contributed by atoms with van der Waals surface area (Å²) in [7, 11) is 3.21. The fraction of sp³-hybridized carbons (Fsp3) is 0.188. The van der Waals surface area contributed by atoms with Crippen LogP contribution in [0.5, 0.6) is 17.2 Å². The molecule has 0 atom stereocenters. The number of nitrogens with one attached hydrogen (secondary N) is 1. The smallest absolute Gasteiger partial charge is 0.251 e. The zero-order valence-corrected chi connectivity index (χ0v) is 11.8. The summed E-state index contributed by atoms with van der Waals surface area (Å²) in [5, 5.41) is 2.62. The van der Waals surface area contributed by atoms with Crippen LogP contribution in [-0.2, 0) is 0 Å². The molecule has 0 unspecified atom stereocenters. The third-order valence-electron chi connectivity index (χ3n) is 3.36. The predicted octanol–water partition coefficient (Wildman–Crippen LogP) is 2.45. The number of hydrogen-bond donors (Lipinski definition) is 1. The summed E-state index contributed by atoms with van der Waals surface area (Å²) in [5.41, 5.74) is 2.33. The van der Waals surface area contributed by atoms with Gasteiger partial charge in [0.1, 0.15) is 5.75 Å². The van der Waals surface area contributed by atoms with E-state index in [4.69, 9.17) is 14.2 Å². The second-order valence-corrected chi connectivity index (χ2v) is 4.57. The van der Waals surface area contributed by atoms with Gasteiger partial charge in [0.15, 0.2) is 11.5 Å². The maximum absolute atomic E-state index is 11.8. The maximum atomic E-state index is 11.8. The lowest BCUT2D eigenvalue weighted by molar-refractivity contribution is 0.0963. The number of fused-ring (bicyclic) bond motifs is 1. The van der Waals surface area contributed by atoms with Crippen molar-refractivity contribution < 1.29 is 19.0 Å². The molecule has 1 N–H and O–H groups in total. The summed E-state index contributed by atoms with van der Waals surface area (Å²) >= 11 is 0. The van der Waals surface area contributed by atoms with Crippen LogP contribution in [0.4, 0.5) is 0 Å². The minimum absolute atomic E-state index is 0.128. The van der Waals surface area contributed by atoms with E-state index in [0.29, 0.717) is 22.8 Å². The summed E-state index contributed by atoms with van der Waals surface area (Å²) in [6.07, 6.45) is 0. The van der Waals surface area contributed by atoms with Crippen LogP contribution in [0.1, 0.15) is 10.4 Å². The Morgan fingerprint density at radius 1 is 1.19 bits per heavy atom. The molecular weight excluding hydrogens is 270 g/mol. The number of ether oxygens (including phenoxy) is 3. The zero-order chi connectivity index (χ0) is 14.8. The number of carbonyl (C=O) groups is 1. The first-order chi connectivity index (χ1) is 10.2. The molecule has 108 valence electrons. The van der Waals surface area contributed by atoms with Crippen LogP contribution in [0.3, 0.4) is 0 Å². The Kier molecular flexibility index (Phi) is 3.39. The molecule has 21 heavy (non-hydrogen) atoms. The number of rotatable bonds is 3. The van der Waals surface area contributed by atoms with Gasteiger partial charge in [-0.3, -0.25) is 4.79 Å². The lowest BCUT2D eigenvalue weighted by atomic mass is 10.0. The van der Waals surface area contributed by atoms with Gasteiger partial charge < -0.3 is 19.5 Å². The van der Waals surface area contributed by atoms with Gasteiger partial charge in [0.05, 0.1) is 7.11 Å². The molecule has 0 spiro atoms.